The number of nitrogens with one attached hydrogen (secondary N) is 2. The smallest absolute Gasteiger partial charge is 0.322 e. The number of aliphatic carboxylic acids is 1. The molecule has 0 aliphatic rings. The van der Waals surface area contributed by atoms with Crippen LogP contribution in [-0.2, 0) is 21.2 Å². The molecule has 0 bridgehead atoms. The number of imidazole rings is 1. The average Bonchev–Trinajstić information content (AvgIpc) is 2.90. The van der Waals surface area contributed by atoms with Gasteiger partial charge < -0.3 is 10.1 Å². The highest BCUT2D eigenvalue weighted by atomic mass is 32.2. The molecule has 1 atom stereocenters. The third-order valence-electron chi connectivity index (χ3n) is 2.56. The van der Waals surface area contributed by atoms with Gasteiger partial charge in [-0.25, -0.2) is 17.8 Å². The Morgan fingerprint density at radius 1 is 1.38 bits per heavy atom. The summed E-state index contributed by atoms with van der Waals surface area (Å²) in [6.07, 6.45) is 4.38. The van der Waals surface area contributed by atoms with Crippen molar-refractivity contribution in [3.8, 4) is 0 Å². The van der Waals surface area contributed by atoms with Crippen LogP contribution >= 0.6 is 0 Å². The molecule has 112 valence electrons. The molecule has 0 fully saturated rings. The summed E-state index contributed by atoms with van der Waals surface area (Å²) in [6.45, 7) is 0. The molecule has 2 rings (SSSR count). The average molecular weight is 314 g/mol. The van der Waals surface area contributed by atoms with Crippen molar-refractivity contribution in [3.05, 3.63) is 42.5 Å². The Morgan fingerprint density at radius 3 is 2.71 bits per heavy atom. The molecule has 2 heterocycles. The molecular formula is C11H11FN4O4S. The number of carboxylic acid groups (broad SMARTS) is 1. The van der Waals surface area contributed by atoms with Crippen LogP contribution in [0, 0.1) is 5.82 Å². The first-order chi connectivity index (χ1) is 9.88. The Labute approximate surface area is 119 Å². The molecule has 0 saturated heterocycles. The van der Waals surface area contributed by atoms with E-state index in [4.69, 9.17) is 5.11 Å². The minimum atomic E-state index is -4.20. The lowest BCUT2D eigenvalue weighted by Gasteiger charge is -2.13. The van der Waals surface area contributed by atoms with E-state index in [0.717, 1.165) is 18.5 Å². The molecule has 0 radical (unpaired) electrons. The third-order valence-corrected chi connectivity index (χ3v) is 4.00. The number of pyridine rings is 1. The van der Waals surface area contributed by atoms with Crippen molar-refractivity contribution in [2.45, 2.75) is 17.4 Å². The number of H-pyrrole nitrogens is 1. The van der Waals surface area contributed by atoms with Crippen LogP contribution in [-0.4, -0.2) is 40.5 Å². The van der Waals surface area contributed by atoms with Crippen molar-refractivity contribution in [1.82, 2.24) is 19.7 Å². The predicted molar refractivity (Wildman–Crippen MR) is 68.2 cm³/mol. The molecular weight excluding hydrogens is 303 g/mol. The molecule has 0 aliphatic heterocycles. The normalized spacial score (nSPS) is 13.0. The second-order valence-corrected chi connectivity index (χ2v) is 5.85. The van der Waals surface area contributed by atoms with Crippen molar-refractivity contribution in [1.29, 1.82) is 0 Å². The van der Waals surface area contributed by atoms with Crippen LogP contribution in [0.15, 0.2) is 35.9 Å². The van der Waals surface area contributed by atoms with E-state index in [1.54, 1.807) is 0 Å². The second-order valence-electron chi connectivity index (χ2n) is 4.13. The lowest BCUT2D eigenvalue weighted by Crippen LogP contribution is -2.42. The first kappa shape index (κ1) is 15.1. The second kappa shape index (κ2) is 5.97. The number of carbonyl (C=O) groups is 1. The van der Waals surface area contributed by atoms with Crippen molar-refractivity contribution in [3.63, 3.8) is 0 Å². The number of carboxylic acids is 1. The fourth-order valence-electron chi connectivity index (χ4n) is 1.59. The summed E-state index contributed by atoms with van der Waals surface area (Å²) in [5.74, 6) is -2.20. The maximum Gasteiger partial charge on any atom is 0.322 e. The Balaban J connectivity index is 2.21. The molecule has 0 saturated carbocycles. The highest BCUT2D eigenvalue weighted by Crippen LogP contribution is 2.10. The minimum absolute atomic E-state index is 0.128. The molecule has 10 heteroatoms. The van der Waals surface area contributed by atoms with Gasteiger partial charge in [0.1, 0.15) is 16.8 Å². The van der Waals surface area contributed by atoms with Crippen LogP contribution in [0.3, 0.4) is 0 Å². The Morgan fingerprint density at radius 2 is 2.14 bits per heavy atom. The fourth-order valence-corrected chi connectivity index (χ4v) is 2.75. The van der Waals surface area contributed by atoms with Gasteiger partial charge in [0, 0.05) is 24.5 Å². The summed E-state index contributed by atoms with van der Waals surface area (Å²) in [6, 6.07) is -0.663. The van der Waals surface area contributed by atoms with E-state index in [-0.39, 0.29) is 6.42 Å². The number of aromatic nitrogens is 3. The van der Waals surface area contributed by atoms with Gasteiger partial charge in [-0.1, -0.05) is 0 Å². The van der Waals surface area contributed by atoms with Crippen LogP contribution < -0.4 is 4.72 Å². The van der Waals surface area contributed by atoms with Gasteiger partial charge in [0.15, 0.2) is 0 Å². The summed E-state index contributed by atoms with van der Waals surface area (Å²) in [5, 5.41) is 9.09. The molecule has 8 nitrogen and oxygen atoms in total. The zero-order valence-corrected chi connectivity index (χ0v) is 11.3. The SMILES string of the molecule is O=C(O)[C@H](Cc1cnc[nH]1)NS(=O)(=O)c1cncc(F)c1. The van der Waals surface area contributed by atoms with E-state index in [1.807, 2.05) is 4.72 Å². The summed E-state index contributed by atoms with van der Waals surface area (Å²) < 4.78 is 39.0. The summed E-state index contributed by atoms with van der Waals surface area (Å²) >= 11 is 0. The van der Waals surface area contributed by atoms with Crippen molar-refractivity contribution in [2.24, 2.45) is 0 Å². The van der Waals surface area contributed by atoms with E-state index in [1.165, 1.54) is 12.5 Å². The van der Waals surface area contributed by atoms with E-state index in [9.17, 15) is 17.6 Å². The summed E-state index contributed by atoms with van der Waals surface area (Å²) in [4.78, 5) is 20.5. The van der Waals surface area contributed by atoms with Gasteiger partial charge in [0.05, 0.1) is 12.5 Å². The molecule has 0 aromatic carbocycles. The van der Waals surface area contributed by atoms with E-state index in [0.29, 0.717) is 5.69 Å². The first-order valence-corrected chi connectivity index (χ1v) is 7.20. The molecule has 2 aromatic rings. The number of rotatable bonds is 6. The van der Waals surface area contributed by atoms with Crippen LogP contribution in [0.4, 0.5) is 4.39 Å². The lowest BCUT2D eigenvalue weighted by atomic mass is 10.2. The molecule has 0 unspecified atom stereocenters. The monoisotopic (exact) mass is 314 g/mol. The van der Waals surface area contributed by atoms with Gasteiger partial charge in [0.2, 0.25) is 10.0 Å². The zero-order valence-electron chi connectivity index (χ0n) is 10.5. The van der Waals surface area contributed by atoms with Gasteiger partial charge in [-0.3, -0.25) is 9.78 Å². The van der Waals surface area contributed by atoms with E-state index < -0.39 is 32.7 Å². The maximum absolute atomic E-state index is 13.0. The molecule has 2 aromatic heterocycles. The van der Waals surface area contributed by atoms with Gasteiger partial charge in [0.25, 0.3) is 0 Å². The topological polar surface area (TPSA) is 125 Å². The van der Waals surface area contributed by atoms with Gasteiger partial charge >= 0.3 is 5.97 Å². The Hall–Kier alpha value is -2.33. The van der Waals surface area contributed by atoms with Crippen molar-refractivity contribution >= 4 is 16.0 Å². The summed E-state index contributed by atoms with van der Waals surface area (Å²) in [5.41, 5.74) is 0.447. The van der Waals surface area contributed by atoms with Crippen LogP contribution in [0.5, 0.6) is 0 Å². The van der Waals surface area contributed by atoms with E-state index in [2.05, 4.69) is 15.0 Å². The number of sulfonamides is 1. The fraction of sp³-hybridized carbons (Fsp3) is 0.182. The molecule has 0 spiro atoms. The number of nitrogens with zero attached hydrogens (tertiary/aromatic N) is 2. The van der Waals surface area contributed by atoms with Crippen LogP contribution in [0.25, 0.3) is 0 Å². The van der Waals surface area contributed by atoms with Crippen LogP contribution in [0.2, 0.25) is 0 Å². The van der Waals surface area contributed by atoms with Crippen LogP contribution in [0.1, 0.15) is 5.69 Å². The molecule has 0 amide bonds. The van der Waals surface area contributed by atoms with Gasteiger partial charge in [-0.15, -0.1) is 0 Å². The number of hydrogen-bond acceptors (Lipinski definition) is 5. The minimum Gasteiger partial charge on any atom is -0.480 e. The number of halogens is 1. The largest absolute Gasteiger partial charge is 0.480 e. The lowest BCUT2D eigenvalue weighted by molar-refractivity contribution is -0.138. The van der Waals surface area contributed by atoms with Crippen molar-refractivity contribution in [2.75, 3.05) is 0 Å². The van der Waals surface area contributed by atoms with Gasteiger partial charge in [-0.05, 0) is 6.07 Å². The standard InChI is InChI=1S/C11H11FN4O4S/c12-7-1-9(5-13-3-7)21(19,20)16-10(11(17)18)2-8-4-14-6-15-8/h1,3-6,10,16H,2H2,(H,14,15)(H,17,18)/t10-/m0/s1. The number of hydrogen-bond donors (Lipinski definition) is 3. The predicted octanol–water partition coefficient (Wildman–Crippen LogP) is -0.0820. The zero-order chi connectivity index (χ0) is 15.5. The highest BCUT2D eigenvalue weighted by Gasteiger charge is 2.26. The quantitative estimate of drug-likeness (QED) is 0.685. The Bertz CT molecular complexity index is 732. The van der Waals surface area contributed by atoms with Gasteiger partial charge in [-0.2, -0.15) is 4.72 Å². The number of aromatic amines is 1. The van der Waals surface area contributed by atoms with Crippen molar-refractivity contribution < 1.29 is 22.7 Å². The third kappa shape index (κ3) is 3.83. The summed E-state index contributed by atoms with van der Waals surface area (Å²) in [7, 11) is -4.20. The highest BCUT2D eigenvalue weighted by molar-refractivity contribution is 7.89. The molecule has 0 aliphatic carbocycles. The Kier molecular flexibility index (Phi) is 4.29. The molecule has 3 N–H and O–H groups in total. The molecule has 21 heavy (non-hydrogen) atoms. The maximum atomic E-state index is 13.0. The first-order valence-electron chi connectivity index (χ1n) is 5.71. The van der Waals surface area contributed by atoms with E-state index >= 15 is 0 Å².